The quantitative estimate of drug-likeness (QED) is 0.237. The Bertz CT molecular complexity index is 1250. The Morgan fingerprint density at radius 1 is 0.878 bits per heavy atom. The largest absolute Gasteiger partial charge is 0.497 e. The van der Waals surface area contributed by atoms with Crippen LogP contribution in [0, 0.1) is 0 Å². The van der Waals surface area contributed by atoms with Crippen LogP contribution in [0.3, 0.4) is 0 Å². The summed E-state index contributed by atoms with van der Waals surface area (Å²) in [6.45, 7) is 5.93. The molecular formula is C33H43N3O5. The van der Waals surface area contributed by atoms with E-state index in [-0.39, 0.29) is 18.0 Å². The molecule has 0 aliphatic rings. The summed E-state index contributed by atoms with van der Waals surface area (Å²) in [6.07, 6.45) is 1.11. The number of ether oxygens (including phenoxy) is 2. The number of carbonyl (C=O) groups is 2. The fraction of sp³-hybridized carbons (Fsp3) is 0.394. The lowest BCUT2D eigenvalue weighted by Gasteiger charge is -2.30. The topological polar surface area (TPSA) is 114 Å². The molecule has 0 spiro atoms. The lowest BCUT2D eigenvalue weighted by molar-refractivity contribution is 0.0751. The molecule has 2 atom stereocenters. The molecule has 4 N–H and O–H groups in total. The van der Waals surface area contributed by atoms with E-state index in [2.05, 4.69) is 5.32 Å². The number of hydrogen-bond donors (Lipinski definition) is 3. The van der Waals surface area contributed by atoms with Gasteiger partial charge in [0, 0.05) is 49.3 Å². The van der Waals surface area contributed by atoms with Crippen molar-refractivity contribution in [2.45, 2.75) is 51.7 Å². The highest BCUT2D eigenvalue weighted by atomic mass is 16.5. The second-order valence-electron chi connectivity index (χ2n) is 10.1. The Balaban J connectivity index is 1.99. The molecule has 8 nitrogen and oxygen atoms in total. The fourth-order valence-electron chi connectivity index (χ4n) is 5.16. The average molecular weight is 562 g/mol. The van der Waals surface area contributed by atoms with Gasteiger partial charge in [-0.15, -0.1) is 0 Å². The van der Waals surface area contributed by atoms with E-state index in [1.165, 1.54) is 0 Å². The minimum absolute atomic E-state index is 0.159. The fourth-order valence-corrected chi connectivity index (χ4v) is 5.16. The summed E-state index contributed by atoms with van der Waals surface area (Å²) in [7, 11) is 3.20. The van der Waals surface area contributed by atoms with Crippen molar-refractivity contribution >= 4 is 11.8 Å². The van der Waals surface area contributed by atoms with E-state index in [0.717, 1.165) is 24.0 Å². The van der Waals surface area contributed by atoms with Gasteiger partial charge in [0.25, 0.3) is 5.91 Å². The molecule has 3 rings (SSSR count). The standard InChI is InChI=1S/C33H43N3O5/c1-5-15-36(16-6-2)33(39)28-14-10-13-27(32(34)38)31(28)29(19-23-11-8-7-9-12-23)30(37)22-35-21-24-17-25(40-3)20-26(18-24)41-4/h7-14,17-18,20,29-30,35,37H,5-6,15-16,19,21-22H2,1-4H3,(H2,34,38)/t29-,30+/m1/s1. The van der Waals surface area contributed by atoms with Crippen molar-refractivity contribution in [3.05, 3.63) is 94.5 Å². The van der Waals surface area contributed by atoms with Gasteiger partial charge in [0.2, 0.25) is 5.91 Å². The number of nitrogens with two attached hydrogens (primary N) is 1. The monoisotopic (exact) mass is 561 g/mol. The highest BCUT2D eigenvalue weighted by molar-refractivity contribution is 6.02. The van der Waals surface area contributed by atoms with E-state index < -0.39 is 17.9 Å². The molecule has 0 bridgehead atoms. The van der Waals surface area contributed by atoms with E-state index in [1.807, 2.05) is 61.2 Å². The van der Waals surface area contributed by atoms with Crippen LogP contribution in [0.25, 0.3) is 0 Å². The van der Waals surface area contributed by atoms with Gasteiger partial charge in [-0.2, -0.15) is 0 Å². The van der Waals surface area contributed by atoms with Crippen molar-refractivity contribution in [3.8, 4) is 11.5 Å². The van der Waals surface area contributed by atoms with Crippen LogP contribution < -0.4 is 20.5 Å². The molecule has 0 saturated carbocycles. The number of methoxy groups -OCH3 is 2. The average Bonchev–Trinajstić information content (AvgIpc) is 2.99. The zero-order valence-electron chi connectivity index (χ0n) is 24.6. The van der Waals surface area contributed by atoms with Gasteiger partial charge in [-0.1, -0.05) is 50.2 Å². The molecule has 0 aliphatic carbocycles. The van der Waals surface area contributed by atoms with E-state index >= 15 is 0 Å². The third-order valence-corrected chi connectivity index (χ3v) is 7.10. The number of rotatable bonds is 16. The summed E-state index contributed by atoms with van der Waals surface area (Å²) in [5.74, 6) is -0.0170. The second-order valence-corrected chi connectivity index (χ2v) is 10.1. The molecule has 2 amide bonds. The van der Waals surface area contributed by atoms with E-state index in [9.17, 15) is 14.7 Å². The summed E-state index contributed by atoms with van der Waals surface area (Å²) in [6, 6.07) is 20.4. The van der Waals surface area contributed by atoms with Crippen molar-refractivity contribution in [1.29, 1.82) is 0 Å². The number of primary amides is 1. The third-order valence-electron chi connectivity index (χ3n) is 7.10. The van der Waals surface area contributed by atoms with Gasteiger partial charge in [-0.25, -0.2) is 0 Å². The molecule has 0 heterocycles. The van der Waals surface area contributed by atoms with Gasteiger partial charge >= 0.3 is 0 Å². The van der Waals surface area contributed by atoms with Crippen LogP contribution in [0.1, 0.15) is 70.0 Å². The number of aliphatic hydroxyl groups is 1. The highest BCUT2D eigenvalue weighted by Crippen LogP contribution is 2.32. The van der Waals surface area contributed by atoms with Crippen molar-refractivity contribution < 1.29 is 24.2 Å². The maximum absolute atomic E-state index is 13.9. The maximum atomic E-state index is 13.9. The van der Waals surface area contributed by atoms with Crippen molar-refractivity contribution in [2.24, 2.45) is 5.73 Å². The van der Waals surface area contributed by atoms with Crippen LogP contribution in [0.2, 0.25) is 0 Å². The van der Waals surface area contributed by atoms with Crippen LogP contribution in [-0.2, 0) is 13.0 Å². The maximum Gasteiger partial charge on any atom is 0.254 e. The molecule has 0 saturated heterocycles. The highest BCUT2D eigenvalue weighted by Gasteiger charge is 2.31. The molecule has 220 valence electrons. The van der Waals surface area contributed by atoms with Crippen molar-refractivity contribution in [1.82, 2.24) is 10.2 Å². The molecule has 0 aliphatic heterocycles. The molecule has 0 aromatic heterocycles. The molecule has 0 unspecified atom stereocenters. The zero-order chi connectivity index (χ0) is 29.8. The predicted octanol–water partition coefficient (Wildman–Crippen LogP) is 4.54. The Morgan fingerprint density at radius 3 is 2.05 bits per heavy atom. The molecular weight excluding hydrogens is 518 g/mol. The van der Waals surface area contributed by atoms with Crippen LogP contribution in [-0.4, -0.2) is 61.8 Å². The number of amides is 2. The van der Waals surface area contributed by atoms with Crippen molar-refractivity contribution in [3.63, 3.8) is 0 Å². The number of aliphatic hydroxyl groups excluding tert-OH is 1. The Hall–Kier alpha value is -3.88. The van der Waals surface area contributed by atoms with E-state index in [0.29, 0.717) is 48.7 Å². The molecule has 3 aromatic carbocycles. The molecule has 41 heavy (non-hydrogen) atoms. The predicted molar refractivity (Wildman–Crippen MR) is 162 cm³/mol. The summed E-state index contributed by atoms with van der Waals surface area (Å²) in [5.41, 5.74) is 8.90. The SMILES string of the molecule is CCCN(CCC)C(=O)c1cccc(C(N)=O)c1[C@H](Cc1ccccc1)[C@@H](O)CNCc1cc(OC)cc(OC)c1. The van der Waals surface area contributed by atoms with Crippen LogP contribution in [0.4, 0.5) is 0 Å². The Labute approximate surface area is 243 Å². The number of nitrogens with zero attached hydrogens (tertiary/aromatic N) is 1. The lowest BCUT2D eigenvalue weighted by Crippen LogP contribution is -2.37. The summed E-state index contributed by atoms with van der Waals surface area (Å²) < 4.78 is 10.8. The van der Waals surface area contributed by atoms with Gasteiger partial charge in [0.15, 0.2) is 0 Å². The van der Waals surface area contributed by atoms with Gasteiger partial charge < -0.3 is 30.5 Å². The number of carbonyl (C=O) groups excluding carboxylic acids is 2. The molecule has 0 radical (unpaired) electrons. The summed E-state index contributed by atoms with van der Waals surface area (Å²) >= 11 is 0. The Morgan fingerprint density at radius 2 is 1.49 bits per heavy atom. The van der Waals surface area contributed by atoms with Crippen LogP contribution >= 0.6 is 0 Å². The minimum Gasteiger partial charge on any atom is -0.497 e. The Kier molecular flexibility index (Phi) is 12.2. The van der Waals surface area contributed by atoms with E-state index in [4.69, 9.17) is 15.2 Å². The summed E-state index contributed by atoms with van der Waals surface area (Å²) in [5, 5.41) is 15.0. The van der Waals surface area contributed by atoms with E-state index in [1.54, 1.807) is 38.5 Å². The smallest absolute Gasteiger partial charge is 0.254 e. The van der Waals surface area contributed by atoms with Gasteiger partial charge in [0.05, 0.1) is 20.3 Å². The molecule has 0 fully saturated rings. The first-order valence-electron chi connectivity index (χ1n) is 14.2. The first-order valence-corrected chi connectivity index (χ1v) is 14.2. The van der Waals surface area contributed by atoms with Crippen LogP contribution in [0.5, 0.6) is 11.5 Å². The van der Waals surface area contributed by atoms with Gasteiger partial charge in [0.1, 0.15) is 11.5 Å². The molecule has 3 aromatic rings. The lowest BCUT2D eigenvalue weighted by atomic mass is 9.81. The van der Waals surface area contributed by atoms with Gasteiger partial charge in [-0.3, -0.25) is 9.59 Å². The normalized spacial score (nSPS) is 12.4. The van der Waals surface area contributed by atoms with Crippen molar-refractivity contribution in [2.75, 3.05) is 33.9 Å². The number of hydrogen-bond acceptors (Lipinski definition) is 6. The molecule has 8 heteroatoms. The first kappa shape index (κ1) is 31.6. The van der Waals surface area contributed by atoms with Gasteiger partial charge in [-0.05, 0) is 60.2 Å². The number of nitrogens with one attached hydrogen (secondary N) is 1. The van der Waals surface area contributed by atoms with Crippen LogP contribution in [0.15, 0.2) is 66.7 Å². The third kappa shape index (κ3) is 8.55. The second kappa shape index (κ2) is 15.8. The zero-order valence-corrected chi connectivity index (χ0v) is 24.6. The number of benzene rings is 3. The minimum atomic E-state index is -0.930. The first-order chi connectivity index (χ1) is 19.8. The summed E-state index contributed by atoms with van der Waals surface area (Å²) in [4.78, 5) is 28.4.